The minimum Gasteiger partial charge on any atom is -0.478 e. The van der Waals surface area contributed by atoms with Crippen molar-refractivity contribution in [3.8, 4) is 0 Å². The molecule has 8 heteroatoms. The molecule has 0 saturated heterocycles. The first-order chi connectivity index (χ1) is 8.81. The first kappa shape index (κ1) is 15.9. The van der Waals surface area contributed by atoms with Crippen LogP contribution in [-0.2, 0) is 10.0 Å². The molecule has 0 unspecified atom stereocenters. The summed E-state index contributed by atoms with van der Waals surface area (Å²) in [7, 11) is -3.89. The van der Waals surface area contributed by atoms with E-state index in [2.05, 4.69) is 4.72 Å². The fraction of sp³-hybridized carbons (Fsp3) is 0.364. The quantitative estimate of drug-likeness (QED) is 0.730. The lowest BCUT2D eigenvalue weighted by atomic mass is 10.2. The Morgan fingerprint density at radius 3 is 2.58 bits per heavy atom. The fourth-order valence-electron chi connectivity index (χ4n) is 1.37. The van der Waals surface area contributed by atoms with Gasteiger partial charge in [0.2, 0.25) is 10.0 Å². The lowest BCUT2D eigenvalue weighted by Gasteiger charge is -2.14. The van der Waals surface area contributed by atoms with Crippen LogP contribution >= 0.6 is 11.6 Å². The number of hydrogen-bond acceptors (Lipinski definition) is 4. The minimum atomic E-state index is -3.89. The molecular formula is C11H14ClNO5S. The van der Waals surface area contributed by atoms with Crippen LogP contribution in [0.4, 0.5) is 0 Å². The zero-order chi connectivity index (χ0) is 14.6. The second-order valence-electron chi connectivity index (χ2n) is 3.86. The van der Waals surface area contributed by atoms with Crippen molar-refractivity contribution in [3.63, 3.8) is 0 Å². The van der Waals surface area contributed by atoms with Crippen LogP contribution in [-0.4, -0.2) is 37.2 Å². The van der Waals surface area contributed by atoms with Gasteiger partial charge < -0.3 is 10.2 Å². The number of aliphatic hydroxyl groups is 1. The number of carboxylic acid groups (broad SMARTS) is 1. The summed E-state index contributed by atoms with van der Waals surface area (Å²) >= 11 is 5.67. The first-order valence-electron chi connectivity index (χ1n) is 5.47. The van der Waals surface area contributed by atoms with Crippen LogP contribution in [0.15, 0.2) is 23.1 Å². The van der Waals surface area contributed by atoms with Crippen molar-refractivity contribution in [3.05, 3.63) is 28.8 Å². The molecule has 106 valence electrons. The van der Waals surface area contributed by atoms with Gasteiger partial charge in [-0.05, 0) is 24.6 Å². The first-order valence-corrected chi connectivity index (χ1v) is 7.34. The number of aliphatic hydroxyl groups excluding tert-OH is 1. The molecule has 0 bridgehead atoms. The number of halogens is 1. The van der Waals surface area contributed by atoms with Crippen LogP contribution in [0.5, 0.6) is 0 Å². The molecule has 3 N–H and O–H groups in total. The Bertz CT molecular complexity index is 568. The van der Waals surface area contributed by atoms with Crippen molar-refractivity contribution in [2.45, 2.75) is 24.3 Å². The number of nitrogens with one attached hydrogen (secondary N) is 1. The van der Waals surface area contributed by atoms with E-state index in [1.807, 2.05) is 0 Å². The molecule has 0 spiro atoms. The van der Waals surface area contributed by atoms with Crippen molar-refractivity contribution in [2.24, 2.45) is 0 Å². The van der Waals surface area contributed by atoms with Gasteiger partial charge in [-0.15, -0.1) is 0 Å². The van der Waals surface area contributed by atoms with Gasteiger partial charge in [0, 0.05) is 6.04 Å². The van der Waals surface area contributed by atoms with E-state index in [-0.39, 0.29) is 22.1 Å². The molecule has 0 heterocycles. The Morgan fingerprint density at radius 2 is 2.11 bits per heavy atom. The van der Waals surface area contributed by atoms with Gasteiger partial charge in [0.15, 0.2) is 0 Å². The number of hydrogen-bond donors (Lipinski definition) is 3. The standard InChI is InChI=1S/C11H14ClNO5S/c1-2-7(6-14)13-19(17,18)8-3-4-10(12)9(5-8)11(15)16/h3-5,7,13-14H,2,6H2,1H3,(H,15,16)/t7-/m1/s1. The zero-order valence-corrected chi connectivity index (χ0v) is 11.7. The van der Waals surface area contributed by atoms with Crippen LogP contribution in [0.1, 0.15) is 23.7 Å². The second-order valence-corrected chi connectivity index (χ2v) is 5.98. The average Bonchev–Trinajstić information content (AvgIpc) is 2.35. The third kappa shape index (κ3) is 3.90. The second kappa shape index (κ2) is 6.33. The molecule has 1 aromatic carbocycles. The predicted octanol–water partition coefficient (Wildman–Crippen LogP) is 1.09. The SMILES string of the molecule is CC[C@H](CO)NS(=O)(=O)c1ccc(Cl)c(C(=O)O)c1. The number of benzene rings is 1. The molecule has 1 atom stereocenters. The minimum absolute atomic E-state index is 0.0411. The summed E-state index contributed by atoms with van der Waals surface area (Å²) in [5.74, 6) is -1.31. The molecule has 6 nitrogen and oxygen atoms in total. The Hall–Kier alpha value is -1.15. The highest BCUT2D eigenvalue weighted by molar-refractivity contribution is 7.89. The lowest BCUT2D eigenvalue weighted by Crippen LogP contribution is -2.36. The van der Waals surface area contributed by atoms with Crippen molar-refractivity contribution in [1.29, 1.82) is 0 Å². The van der Waals surface area contributed by atoms with Crippen molar-refractivity contribution in [1.82, 2.24) is 4.72 Å². The summed E-state index contributed by atoms with van der Waals surface area (Å²) in [6.07, 6.45) is 0.412. The molecule has 0 fully saturated rings. The van der Waals surface area contributed by atoms with Gasteiger partial charge >= 0.3 is 5.97 Å². The monoisotopic (exact) mass is 307 g/mol. The normalized spacial score (nSPS) is 13.2. The van der Waals surface area contributed by atoms with E-state index in [1.54, 1.807) is 6.92 Å². The molecule has 1 aromatic rings. The van der Waals surface area contributed by atoms with E-state index in [4.69, 9.17) is 21.8 Å². The van der Waals surface area contributed by atoms with E-state index in [9.17, 15) is 13.2 Å². The van der Waals surface area contributed by atoms with Crippen LogP contribution < -0.4 is 4.72 Å². The van der Waals surface area contributed by atoms with Crippen molar-refractivity contribution < 1.29 is 23.4 Å². The maximum atomic E-state index is 12.0. The molecule has 0 radical (unpaired) electrons. The van der Waals surface area contributed by atoms with Gasteiger partial charge in [-0.2, -0.15) is 0 Å². The molecule has 0 aliphatic heterocycles. The number of carbonyl (C=O) groups is 1. The summed E-state index contributed by atoms with van der Waals surface area (Å²) < 4.78 is 26.3. The zero-order valence-electron chi connectivity index (χ0n) is 10.1. The molecule has 0 aliphatic carbocycles. The molecule has 0 amide bonds. The lowest BCUT2D eigenvalue weighted by molar-refractivity contribution is 0.0697. The molecule has 19 heavy (non-hydrogen) atoms. The van der Waals surface area contributed by atoms with Crippen molar-refractivity contribution >= 4 is 27.6 Å². The number of sulfonamides is 1. The molecule has 0 aromatic heterocycles. The Kier molecular flexibility index (Phi) is 5.30. The smallest absolute Gasteiger partial charge is 0.337 e. The van der Waals surface area contributed by atoms with Crippen LogP contribution in [0, 0.1) is 0 Å². The van der Waals surface area contributed by atoms with Gasteiger partial charge in [0.05, 0.1) is 22.1 Å². The average molecular weight is 308 g/mol. The van der Waals surface area contributed by atoms with Gasteiger partial charge in [0.1, 0.15) is 0 Å². The van der Waals surface area contributed by atoms with Gasteiger partial charge in [0.25, 0.3) is 0 Å². The highest BCUT2D eigenvalue weighted by atomic mass is 35.5. The maximum absolute atomic E-state index is 12.0. The third-order valence-corrected chi connectivity index (χ3v) is 4.36. The number of aromatic carboxylic acids is 1. The highest BCUT2D eigenvalue weighted by Crippen LogP contribution is 2.20. The van der Waals surface area contributed by atoms with Gasteiger partial charge in [-0.1, -0.05) is 18.5 Å². The number of carboxylic acids is 1. The molecule has 0 saturated carbocycles. The molecule has 0 aliphatic rings. The molecule has 1 rings (SSSR count). The highest BCUT2D eigenvalue weighted by Gasteiger charge is 2.21. The maximum Gasteiger partial charge on any atom is 0.337 e. The van der Waals surface area contributed by atoms with Crippen LogP contribution in [0.2, 0.25) is 5.02 Å². The van der Waals surface area contributed by atoms with Gasteiger partial charge in [-0.25, -0.2) is 17.9 Å². The summed E-state index contributed by atoms with van der Waals surface area (Å²) in [5.41, 5.74) is -0.290. The van der Waals surface area contributed by atoms with Crippen LogP contribution in [0.25, 0.3) is 0 Å². The summed E-state index contributed by atoms with van der Waals surface area (Å²) in [4.78, 5) is 10.7. The Morgan fingerprint density at radius 1 is 1.47 bits per heavy atom. The van der Waals surface area contributed by atoms with E-state index in [0.717, 1.165) is 6.07 Å². The van der Waals surface area contributed by atoms with E-state index in [1.165, 1.54) is 12.1 Å². The topological polar surface area (TPSA) is 104 Å². The number of rotatable bonds is 6. The Balaban J connectivity index is 3.15. The summed E-state index contributed by atoms with van der Waals surface area (Å²) in [6, 6.07) is 2.78. The predicted molar refractivity (Wildman–Crippen MR) is 69.9 cm³/mol. The van der Waals surface area contributed by atoms with E-state index in [0.29, 0.717) is 6.42 Å². The van der Waals surface area contributed by atoms with Crippen molar-refractivity contribution in [2.75, 3.05) is 6.61 Å². The fourth-order valence-corrected chi connectivity index (χ4v) is 2.91. The van der Waals surface area contributed by atoms with E-state index < -0.39 is 22.0 Å². The van der Waals surface area contributed by atoms with Crippen LogP contribution in [0.3, 0.4) is 0 Å². The summed E-state index contributed by atoms with van der Waals surface area (Å²) in [6.45, 7) is 1.38. The third-order valence-electron chi connectivity index (χ3n) is 2.51. The largest absolute Gasteiger partial charge is 0.478 e. The van der Waals surface area contributed by atoms with E-state index >= 15 is 0 Å². The Labute approximate surface area is 116 Å². The summed E-state index contributed by atoms with van der Waals surface area (Å²) in [5, 5.41) is 17.8. The molecular weight excluding hydrogens is 294 g/mol. The van der Waals surface area contributed by atoms with Gasteiger partial charge in [-0.3, -0.25) is 0 Å².